The van der Waals surface area contributed by atoms with Gasteiger partial charge in [-0.1, -0.05) is 28.1 Å². The quantitative estimate of drug-likeness (QED) is 0.839. The Hall–Kier alpha value is -2.08. The molecule has 0 heterocycles. The minimum atomic E-state index is -0.797. The number of amides is 1. The lowest BCUT2D eigenvalue weighted by Crippen LogP contribution is -2.48. The average Bonchev–Trinajstić information content (AvgIpc) is 2.48. The van der Waals surface area contributed by atoms with Crippen molar-refractivity contribution in [2.24, 2.45) is 5.92 Å². The van der Waals surface area contributed by atoms with Gasteiger partial charge in [0.15, 0.2) is 6.61 Å². The van der Waals surface area contributed by atoms with Crippen LogP contribution in [0.2, 0.25) is 0 Å². The summed E-state index contributed by atoms with van der Waals surface area (Å²) in [5, 5.41) is 13.7. The second kappa shape index (κ2) is 6.58. The highest BCUT2D eigenvalue weighted by Crippen LogP contribution is 2.27. The van der Waals surface area contributed by atoms with Crippen LogP contribution in [-0.4, -0.2) is 29.6 Å². The molecule has 120 valence electrons. The summed E-state index contributed by atoms with van der Waals surface area (Å²) in [6.45, 7) is -0.0731. The van der Waals surface area contributed by atoms with Gasteiger partial charge in [-0.3, -0.25) is 9.59 Å². The maximum absolute atomic E-state index is 11.8. The largest absolute Gasteiger partial charge is 0.484 e. The fourth-order valence-electron chi connectivity index (χ4n) is 2.64. The maximum Gasteiger partial charge on any atom is 0.306 e. The van der Waals surface area contributed by atoms with Crippen molar-refractivity contribution in [1.29, 1.82) is 0 Å². The maximum atomic E-state index is 11.8. The molecular weight excluding hydrogens is 362 g/mol. The van der Waals surface area contributed by atoms with E-state index in [1.807, 2.05) is 36.4 Å². The first-order valence-electron chi connectivity index (χ1n) is 7.35. The summed E-state index contributed by atoms with van der Waals surface area (Å²) in [5.41, 5.74) is 0. The van der Waals surface area contributed by atoms with Crippen LogP contribution in [0.3, 0.4) is 0 Å². The number of hydrogen-bond acceptors (Lipinski definition) is 3. The lowest BCUT2D eigenvalue weighted by molar-refractivity contribution is -0.146. The van der Waals surface area contributed by atoms with Crippen LogP contribution < -0.4 is 10.1 Å². The van der Waals surface area contributed by atoms with Crippen molar-refractivity contribution >= 4 is 38.6 Å². The van der Waals surface area contributed by atoms with E-state index >= 15 is 0 Å². The van der Waals surface area contributed by atoms with Gasteiger partial charge in [0.2, 0.25) is 0 Å². The van der Waals surface area contributed by atoms with Crippen LogP contribution in [0.5, 0.6) is 5.75 Å². The number of carbonyl (C=O) groups excluding carboxylic acids is 1. The van der Waals surface area contributed by atoms with Gasteiger partial charge in [-0.15, -0.1) is 0 Å². The van der Waals surface area contributed by atoms with Crippen LogP contribution in [0.4, 0.5) is 0 Å². The molecule has 0 spiro atoms. The third kappa shape index (κ3) is 3.82. The molecule has 6 heteroatoms. The molecular formula is C17H16BrNO4. The highest BCUT2D eigenvalue weighted by molar-refractivity contribution is 9.10. The van der Waals surface area contributed by atoms with E-state index in [9.17, 15) is 9.59 Å². The number of nitrogens with one attached hydrogen (secondary N) is 1. The zero-order valence-electron chi connectivity index (χ0n) is 12.3. The Bertz CT molecular complexity index is 755. The van der Waals surface area contributed by atoms with Gasteiger partial charge >= 0.3 is 5.97 Å². The van der Waals surface area contributed by atoms with Gasteiger partial charge in [0.05, 0.1) is 5.92 Å². The van der Waals surface area contributed by atoms with E-state index in [2.05, 4.69) is 21.2 Å². The third-order valence-electron chi connectivity index (χ3n) is 4.00. The van der Waals surface area contributed by atoms with Gasteiger partial charge < -0.3 is 15.2 Å². The molecule has 1 amide bonds. The molecule has 1 aliphatic carbocycles. The second-order valence-corrected chi connectivity index (χ2v) is 6.63. The normalized spacial score (nSPS) is 19.9. The summed E-state index contributed by atoms with van der Waals surface area (Å²) in [5.74, 6) is -0.725. The number of halogens is 1. The van der Waals surface area contributed by atoms with Crippen molar-refractivity contribution in [1.82, 2.24) is 5.32 Å². The standard InChI is InChI=1S/C17H16BrNO4/c18-13-3-1-11-8-15(4-2-10(11)5-13)23-9-16(20)19-14-6-12(7-14)17(21)22/h1-5,8,12,14H,6-7,9H2,(H,19,20)(H,21,22). The monoisotopic (exact) mass is 377 g/mol. The summed E-state index contributed by atoms with van der Waals surface area (Å²) < 4.78 is 6.52. The molecule has 1 fully saturated rings. The summed E-state index contributed by atoms with van der Waals surface area (Å²) in [6, 6.07) is 11.5. The van der Waals surface area contributed by atoms with Crippen molar-refractivity contribution < 1.29 is 19.4 Å². The van der Waals surface area contributed by atoms with Crippen LogP contribution in [-0.2, 0) is 9.59 Å². The minimum absolute atomic E-state index is 0.0545. The smallest absolute Gasteiger partial charge is 0.306 e. The second-order valence-electron chi connectivity index (χ2n) is 5.71. The molecule has 23 heavy (non-hydrogen) atoms. The Kier molecular flexibility index (Phi) is 4.52. The molecule has 0 aliphatic heterocycles. The van der Waals surface area contributed by atoms with Gasteiger partial charge in [-0.25, -0.2) is 0 Å². The van der Waals surface area contributed by atoms with E-state index < -0.39 is 5.97 Å². The van der Waals surface area contributed by atoms with Crippen molar-refractivity contribution in [3.05, 3.63) is 40.9 Å². The van der Waals surface area contributed by atoms with E-state index in [1.54, 1.807) is 0 Å². The van der Waals surface area contributed by atoms with Crippen LogP contribution in [0.25, 0.3) is 10.8 Å². The molecule has 3 rings (SSSR count). The number of fused-ring (bicyclic) bond motifs is 1. The lowest BCUT2D eigenvalue weighted by Gasteiger charge is -2.32. The molecule has 0 atom stereocenters. The predicted molar refractivity (Wildman–Crippen MR) is 89.4 cm³/mol. The van der Waals surface area contributed by atoms with E-state index in [0.717, 1.165) is 15.2 Å². The first-order valence-corrected chi connectivity index (χ1v) is 8.15. The Balaban J connectivity index is 1.51. The highest BCUT2D eigenvalue weighted by Gasteiger charge is 2.35. The molecule has 1 saturated carbocycles. The van der Waals surface area contributed by atoms with Gasteiger partial charge in [-0.2, -0.15) is 0 Å². The number of carbonyl (C=O) groups is 2. The molecule has 0 saturated heterocycles. The lowest BCUT2D eigenvalue weighted by atomic mass is 9.80. The van der Waals surface area contributed by atoms with E-state index in [4.69, 9.17) is 9.84 Å². The van der Waals surface area contributed by atoms with Gasteiger partial charge in [0, 0.05) is 10.5 Å². The molecule has 0 unspecified atom stereocenters. The van der Waals surface area contributed by atoms with E-state index in [-0.39, 0.29) is 24.5 Å². The summed E-state index contributed by atoms with van der Waals surface area (Å²) >= 11 is 3.43. The van der Waals surface area contributed by atoms with Crippen molar-refractivity contribution in [3.63, 3.8) is 0 Å². The van der Waals surface area contributed by atoms with Gasteiger partial charge in [0.25, 0.3) is 5.91 Å². The van der Waals surface area contributed by atoms with E-state index in [0.29, 0.717) is 18.6 Å². The number of hydrogen-bond donors (Lipinski definition) is 2. The summed E-state index contributed by atoms with van der Waals surface area (Å²) in [4.78, 5) is 22.5. The molecule has 0 bridgehead atoms. The highest BCUT2D eigenvalue weighted by atomic mass is 79.9. The first kappa shape index (κ1) is 15.8. The Morgan fingerprint density at radius 1 is 1.17 bits per heavy atom. The van der Waals surface area contributed by atoms with Crippen LogP contribution in [0.15, 0.2) is 40.9 Å². The molecule has 2 aromatic carbocycles. The first-order chi connectivity index (χ1) is 11.0. The molecule has 2 aromatic rings. The van der Waals surface area contributed by atoms with Crippen LogP contribution >= 0.6 is 15.9 Å². The molecule has 5 nitrogen and oxygen atoms in total. The predicted octanol–water partition coefficient (Wildman–Crippen LogP) is 2.96. The Morgan fingerprint density at radius 2 is 1.87 bits per heavy atom. The zero-order chi connectivity index (χ0) is 16.4. The molecule has 0 radical (unpaired) electrons. The SMILES string of the molecule is O=C(COc1ccc2cc(Br)ccc2c1)NC1CC(C(=O)O)C1. The minimum Gasteiger partial charge on any atom is -0.484 e. The number of rotatable bonds is 5. The van der Waals surface area contributed by atoms with Crippen LogP contribution in [0, 0.1) is 5.92 Å². The number of ether oxygens (including phenoxy) is 1. The number of benzene rings is 2. The fraction of sp³-hybridized carbons (Fsp3) is 0.294. The van der Waals surface area contributed by atoms with Crippen molar-refractivity contribution in [2.75, 3.05) is 6.61 Å². The topological polar surface area (TPSA) is 75.6 Å². The number of carboxylic acids is 1. The van der Waals surface area contributed by atoms with Gasteiger partial charge in [0.1, 0.15) is 5.75 Å². The average molecular weight is 378 g/mol. The Labute approximate surface area is 141 Å². The van der Waals surface area contributed by atoms with E-state index in [1.165, 1.54) is 0 Å². The summed E-state index contributed by atoms with van der Waals surface area (Å²) in [6.07, 6.45) is 0.984. The third-order valence-corrected chi connectivity index (χ3v) is 4.49. The fourth-order valence-corrected chi connectivity index (χ4v) is 3.02. The van der Waals surface area contributed by atoms with Crippen molar-refractivity contribution in [2.45, 2.75) is 18.9 Å². The zero-order valence-corrected chi connectivity index (χ0v) is 13.9. The molecule has 2 N–H and O–H groups in total. The van der Waals surface area contributed by atoms with Gasteiger partial charge in [-0.05, 0) is 47.9 Å². The number of aliphatic carboxylic acids is 1. The summed E-state index contributed by atoms with van der Waals surface area (Å²) in [7, 11) is 0. The molecule has 0 aromatic heterocycles. The Morgan fingerprint density at radius 3 is 2.61 bits per heavy atom. The number of carboxylic acid groups (broad SMARTS) is 1. The van der Waals surface area contributed by atoms with Crippen molar-refractivity contribution in [3.8, 4) is 5.75 Å². The molecule has 1 aliphatic rings. The van der Waals surface area contributed by atoms with Crippen LogP contribution in [0.1, 0.15) is 12.8 Å².